The minimum absolute atomic E-state index is 0.0809. The van der Waals surface area contributed by atoms with Gasteiger partial charge in [0.1, 0.15) is 0 Å². The summed E-state index contributed by atoms with van der Waals surface area (Å²) in [5.41, 5.74) is 0. The summed E-state index contributed by atoms with van der Waals surface area (Å²) in [5, 5.41) is 11.7. The molecule has 7 heteroatoms. The van der Waals surface area contributed by atoms with Crippen LogP contribution in [0.25, 0.3) is 0 Å². The van der Waals surface area contributed by atoms with Crippen LogP contribution < -0.4 is 5.32 Å². The second-order valence-electron chi connectivity index (χ2n) is 5.49. The summed E-state index contributed by atoms with van der Waals surface area (Å²) >= 11 is 0. The molecule has 0 aromatic heterocycles. The lowest BCUT2D eigenvalue weighted by Crippen LogP contribution is -2.44. The number of rotatable bonds is 3. The normalized spacial score (nSPS) is 28.1. The second-order valence-corrected chi connectivity index (χ2v) is 5.49. The summed E-state index contributed by atoms with van der Waals surface area (Å²) in [6, 6.07) is -0.0809. The van der Waals surface area contributed by atoms with E-state index in [2.05, 4.69) is 17.3 Å². The Morgan fingerprint density at radius 2 is 2.05 bits per heavy atom. The van der Waals surface area contributed by atoms with Crippen molar-refractivity contribution in [3.05, 3.63) is 0 Å². The number of carboxylic acid groups (broad SMARTS) is 1. The quantitative estimate of drug-likeness (QED) is 0.761. The van der Waals surface area contributed by atoms with Gasteiger partial charge in [-0.3, -0.25) is 0 Å². The van der Waals surface area contributed by atoms with Gasteiger partial charge in [0.25, 0.3) is 0 Å². The van der Waals surface area contributed by atoms with Gasteiger partial charge in [-0.25, -0.2) is 9.59 Å². The molecule has 7 nitrogen and oxygen atoms in total. The molecule has 0 radical (unpaired) electrons. The number of hydrogen-bond acceptors (Lipinski definition) is 4. The standard InChI is InChI=1S/C13H23N3O4/c1-15-5-2-6-16(8-7-15)13(19)14-9-10-3-4-11(20-10)12(17)18/h10-11H,2-9H2,1H3,(H,14,19)(H,17,18). The van der Waals surface area contributed by atoms with Crippen molar-refractivity contribution in [2.75, 3.05) is 39.8 Å². The SMILES string of the molecule is CN1CCCN(C(=O)NCC2CCC(C(=O)O)O2)CC1. The first-order chi connectivity index (χ1) is 9.56. The highest BCUT2D eigenvalue weighted by atomic mass is 16.5. The average molecular weight is 285 g/mol. The smallest absolute Gasteiger partial charge is 0.332 e. The van der Waals surface area contributed by atoms with Crippen LogP contribution in [0.1, 0.15) is 19.3 Å². The summed E-state index contributed by atoms with van der Waals surface area (Å²) in [7, 11) is 2.06. The fourth-order valence-corrected chi connectivity index (χ4v) is 2.60. The molecule has 0 aromatic carbocycles. The molecule has 2 heterocycles. The van der Waals surface area contributed by atoms with Crippen molar-refractivity contribution in [1.82, 2.24) is 15.1 Å². The number of carboxylic acids is 1. The van der Waals surface area contributed by atoms with E-state index in [-0.39, 0.29) is 12.1 Å². The van der Waals surface area contributed by atoms with Gasteiger partial charge in [-0.2, -0.15) is 0 Å². The van der Waals surface area contributed by atoms with Crippen LogP contribution in [0.3, 0.4) is 0 Å². The Bertz CT molecular complexity index is 364. The number of carbonyl (C=O) groups is 2. The van der Waals surface area contributed by atoms with Crippen LogP contribution in [0, 0.1) is 0 Å². The molecular weight excluding hydrogens is 262 g/mol. The minimum Gasteiger partial charge on any atom is -0.479 e. The zero-order valence-corrected chi connectivity index (χ0v) is 11.9. The predicted octanol–water partition coefficient (Wildman–Crippen LogP) is -0.0343. The summed E-state index contributed by atoms with van der Waals surface area (Å²) in [5.74, 6) is -0.922. The number of likely N-dealkylation sites (N-methyl/N-ethyl adjacent to an activating group) is 1. The molecule has 2 N–H and O–H groups in total. The number of aliphatic carboxylic acids is 1. The van der Waals surface area contributed by atoms with Gasteiger partial charge in [-0.05, 0) is 32.9 Å². The van der Waals surface area contributed by atoms with Gasteiger partial charge >= 0.3 is 12.0 Å². The number of urea groups is 1. The Hall–Kier alpha value is -1.34. The molecule has 2 unspecified atom stereocenters. The molecular formula is C13H23N3O4. The third kappa shape index (κ3) is 4.08. The topological polar surface area (TPSA) is 82.1 Å². The van der Waals surface area contributed by atoms with Crippen molar-refractivity contribution >= 4 is 12.0 Å². The molecule has 0 bridgehead atoms. The maximum atomic E-state index is 12.1. The van der Waals surface area contributed by atoms with Crippen molar-refractivity contribution < 1.29 is 19.4 Å². The number of amides is 2. The monoisotopic (exact) mass is 285 g/mol. The summed E-state index contributed by atoms with van der Waals surface area (Å²) in [6.07, 6.45) is 1.27. The largest absolute Gasteiger partial charge is 0.479 e. The fraction of sp³-hybridized carbons (Fsp3) is 0.846. The van der Waals surface area contributed by atoms with E-state index < -0.39 is 12.1 Å². The molecule has 2 fully saturated rings. The maximum absolute atomic E-state index is 12.1. The summed E-state index contributed by atoms with van der Waals surface area (Å²) in [6.45, 7) is 3.77. The fourth-order valence-electron chi connectivity index (χ4n) is 2.60. The lowest BCUT2D eigenvalue weighted by molar-refractivity contribution is -0.149. The first kappa shape index (κ1) is 15.1. The summed E-state index contributed by atoms with van der Waals surface area (Å²) in [4.78, 5) is 26.9. The maximum Gasteiger partial charge on any atom is 0.332 e. The molecule has 0 spiro atoms. The molecule has 114 valence electrons. The van der Waals surface area contributed by atoms with Gasteiger partial charge in [0, 0.05) is 26.2 Å². The van der Waals surface area contributed by atoms with Crippen LogP contribution in [0.5, 0.6) is 0 Å². The molecule has 2 saturated heterocycles. The van der Waals surface area contributed by atoms with Crippen molar-refractivity contribution in [2.24, 2.45) is 0 Å². The zero-order chi connectivity index (χ0) is 14.5. The first-order valence-electron chi connectivity index (χ1n) is 7.16. The van der Waals surface area contributed by atoms with E-state index in [1.54, 1.807) is 0 Å². The van der Waals surface area contributed by atoms with E-state index in [9.17, 15) is 9.59 Å². The molecule has 0 aromatic rings. The molecule has 2 aliphatic heterocycles. The average Bonchev–Trinajstić information content (AvgIpc) is 2.79. The molecule has 2 atom stereocenters. The molecule has 20 heavy (non-hydrogen) atoms. The molecule has 0 saturated carbocycles. The lowest BCUT2D eigenvalue weighted by Gasteiger charge is -2.22. The third-order valence-electron chi connectivity index (χ3n) is 3.87. The second kappa shape index (κ2) is 6.90. The highest BCUT2D eigenvalue weighted by Crippen LogP contribution is 2.19. The van der Waals surface area contributed by atoms with Crippen molar-refractivity contribution in [1.29, 1.82) is 0 Å². The lowest BCUT2D eigenvalue weighted by atomic mass is 10.2. The molecule has 2 rings (SSSR count). The number of nitrogens with one attached hydrogen (secondary N) is 1. The van der Waals surface area contributed by atoms with Crippen LogP contribution in [-0.2, 0) is 9.53 Å². The molecule has 2 aliphatic rings. The van der Waals surface area contributed by atoms with E-state index in [0.29, 0.717) is 19.4 Å². The predicted molar refractivity (Wildman–Crippen MR) is 72.6 cm³/mol. The number of ether oxygens (including phenoxy) is 1. The van der Waals surface area contributed by atoms with Gasteiger partial charge in [-0.15, -0.1) is 0 Å². The van der Waals surface area contributed by atoms with Crippen LogP contribution in [0.4, 0.5) is 4.79 Å². The van der Waals surface area contributed by atoms with E-state index in [4.69, 9.17) is 9.84 Å². The van der Waals surface area contributed by atoms with Gasteiger partial charge in [0.15, 0.2) is 6.10 Å². The Balaban J connectivity index is 1.71. The number of nitrogens with zero attached hydrogens (tertiary/aromatic N) is 2. The van der Waals surface area contributed by atoms with Crippen LogP contribution in [0.2, 0.25) is 0 Å². The van der Waals surface area contributed by atoms with Crippen LogP contribution in [-0.4, -0.2) is 78.9 Å². The minimum atomic E-state index is -0.922. The van der Waals surface area contributed by atoms with E-state index in [1.165, 1.54) is 0 Å². The Morgan fingerprint density at radius 1 is 1.25 bits per heavy atom. The van der Waals surface area contributed by atoms with Gasteiger partial charge in [-0.1, -0.05) is 0 Å². The van der Waals surface area contributed by atoms with Crippen LogP contribution >= 0.6 is 0 Å². The highest BCUT2D eigenvalue weighted by molar-refractivity contribution is 5.74. The number of hydrogen-bond donors (Lipinski definition) is 2. The third-order valence-corrected chi connectivity index (χ3v) is 3.87. The zero-order valence-electron chi connectivity index (χ0n) is 11.9. The van der Waals surface area contributed by atoms with Gasteiger partial charge in [0.2, 0.25) is 0 Å². The summed E-state index contributed by atoms with van der Waals surface area (Å²) < 4.78 is 5.36. The van der Waals surface area contributed by atoms with E-state index >= 15 is 0 Å². The van der Waals surface area contributed by atoms with Gasteiger partial charge in [0.05, 0.1) is 6.10 Å². The highest BCUT2D eigenvalue weighted by Gasteiger charge is 2.30. The Labute approximate surface area is 118 Å². The van der Waals surface area contributed by atoms with Crippen molar-refractivity contribution in [3.8, 4) is 0 Å². The molecule has 2 amide bonds. The van der Waals surface area contributed by atoms with Crippen molar-refractivity contribution in [3.63, 3.8) is 0 Å². The first-order valence-corrected chi connectivity index (χ1v) is 7.16. The van der Waals surface area contributed by atoms with Crippen LogP contribution in [0.15, 0.2) is 0 Å². The van der Waals surface area contributed by atoms with E-state index in [0.717, 1.165) is 32.6 Å². The Kier molecular flexibility index (Phi) is 5.19. The number of carbonyl (C=O) groups excluding carboxylic acids is 1. The Morgan fingerprint density at radius 3 is 2.75 bits per heavy atom. The van der Waals surface area contributed by atoms with Gasteiger partial charge < -0.3 is 25.0 Å². The van der Waals surface area contributed by atoms with Crippen molar-refractivity contribution in [2.45, 2.75) is 31.5 Å². The van der Waals surface area contributed by atoms with E-state index in [1.807, 2.05) is 4.90 Å². The molecule has 0 aliphatic carbocycles.